The number of ether oxygens (including phenoxy) is 1. The number of alkyl halides is 6. The van der Waals surface area contributed by atoms with E-state index in [1.54, 1.807) is 31.2 Å². The van der Waals surface area contributed by atoms with Crippen molar-refractivity contribution >= 4 is 17.0 Å². The van der Waals surface area contributed by atoms with Crippen LogP contribution in [-0.2, 0) is 28.0 Å². The van der Waals surface area contributed by atoms with Crippen LogP contribution in [0.15, 0.2) is 48.5 Å². The highest BCUT2D eigenvalue weighted by Gasteiger charge is 2.73. The van der Waals surface area contributed by atoms with Crippen LogP contribution in [0.25, 0.3) is 0 Å². The number of nitrogens with one attached hydrogen (secondary N) is 1. The summed E-state index contributed by atoms with van der Waals surface area (Å²) in [6.45, 7) is 0.876. The maximum absolute atomic E-state index is 13.8. The van der Waals surface area contributed by atoms with Crippen molar-refractivity contribution < 1.29 is 44.6 Å². The molecule has 1 amide bonds. The third-order valence-electron chi connectivity index (χ3n) is 6.19. The first-order chi connectivity index (χ1) is 17.3. The fourth-order valence-electron chi connectivity index (χ4n) is 4.01. The quantitative estimate of drug-likeness (QED) is 0.209. The molecule has 37 heavy (non-hydrogen) atoms. The molecule has 1 aliphatic carbocycles. The summed E-state index contributed by atoms with van der Waals surface area (Å²) in [5.74, 6) is -0.610. The Labute approximate surface area is 212 Å². The Kier molecular flexibility index (Phi) is 9.07. The molecule has 12 heteroatoms. The molecule has 0 saturated heterocycles. The van der Waals surface area contributed by atoms with Crippen molar-refractivity contribution in [3.63, 3.8) is 0 Å². The highest BCUT2D eigenvalue weighted by molar-refractivity contribution is 7.79. The van der Waals surface area contributed by atoms with Gasteiger partial charge in [-0.1, -0.05) is 49.7 Å². The lowest BCUT2D eigenvalue weighted by Crippen LogP contribution is -2.56. The van der Waals surface area contributed by atoms with Crippen LogP contribution in [0.3, 0.4) is 0 Å². The number of benzene rings is 2. The van der Waals surface area contributed by atoms with E-state index >= 15 is 0 Å². The van der Waals surface area contributed by atoms with E-state index in [4.69, 9.17) is 0 Å². The summed E-state index contributed by atoms with van der Waals surface area (Å²) < 4.78 is 110. The van der Waals surface area contributed by atoms with Crippen molar-refractivity contribution in [3.8, 4) is 0 Å². The summed E-state index contributed by atoms with van der Waals surface area (Å²) in [6.07, 6.45) is -9.54. The lowest BCUT2D eigenvalue weighted by atomic mass is 9.91. The standard InChI is InChI=1S/C25H27F6NO4S/c1-2-3-14-36-23(24(26,27)28,25(29,30)31)20-12-10-19(11-13-20)22(33)32-15-16-4-6-17(7-5-16)21(37(34)35)18-8-9-18/h4-7,10-13,18,21H,2-3,8-9,14-15H2,1H3,(H,32,33)(H,34,35)/p-1. The largest absolute Gasteiger partial charge is 0.772 e. The van der Waals surface area contributed by atoms with Crippen molar-refractivity contribution in [2.24, 2.45) is 5.92 Å². The minimum Gasteiger partial charge on any atom is -0.772 e. The molecule has 2 atom stereocenters. The van der Waals surface area contributed by atoms with Gasteiger partial charge in [-0.2, -0.15) is 26.3 Å². The van der Waals surface area contributed by atoms with Crippen LogP contribution >= 0.6 is 0 Å². The van der Waals surface area contributed by atoms with Crippen LogP contribution in [0, 0.1) is 5.92 Å². The molecular formula is C25H26F6NO4S-. The predicted molar refractivity (Wildman–Crippen MR) is 123 cm³/mol. The monoisotopic (exact) mass is 550 g/mol. The number of carbonyl (C=O) groups excluding carboxylic acids is 1. The van der Waals surface area contributed by atoms with Gasteiger partial charge < -0.3 is 14.6 Å². The minimum absolute atomic E-state index is 0.00532. The molecule has 0 spiro atoms. The van der Waals surface area contributed by atoms with E-state index < -0.39 is 52.4 Å². The van der Waals surface area contributed by atoms with Gasteiger partial charge in [0.1, 0.15) is 0 Å². The smallest absolute Gasteiger partial charge is 0.430 e. The summed E-state index contributed by atoms with van der Waals surface area (Å²) in [4.78, 5) is 12.5. The first kappa shape index (κ1) is 29.1. The van der Waals surface area contributed by atoms with Gasteiger partial charge in [-0.15, -0.1) is 0 Å². The van der Waals surface area contributed by atoms with Crippen molar-refractivity contribution in [1.82, 2.24) is 5.32 Å². The number of amides is 1. The van der Waals surface area contributed by atoms with Crippen molar-refractivity contribution in [3.05, 3.63) is 70.8 Å². The van der Waals surface area contributed by atoms with Crippen LogP contribution in [0.1, 0.15) is 64.9 Å². The first-order valence-corrected chi connectivity index (χ1v) is 12.8. The van der Waals surface area contributed by atoms with E-state index in [0.29, 0.717) is 29.7 Å². The number of halogens is 6. The average Bonchev–Trinajstić information content (AvgIpc) is 3.64. The van der Waals surface area contributed by atoms with Gasteiger partial charge in [-0.05, 0) is 59.5 Å². The molecule has 1 fully saturated rings. The second-order valence-corrected chi connectivity index (χ2v) is 9.93. The fourth-order valence-corrected chi connectivity index (χ4v) is 4.98. The summed E-state index contributed by atoms with van der Waals surface area (Å²) >= 11 is -2.26. The van der Waals surface area contributed by atoms with Gasteiger partial charge in [0.25, 0.3) is 11.5 Å². The van der Waals surface area contributed by atoms with Crippen molar-refractivity contribution in [1.29, 1.82) is 0 Å². The van der Waals surface area contributed by atoms with Crippen molar-refractivity contribution in [2.45, 2.75) is 62.4 Å². The van der Waals surface area contributed by atoms with Gasteiger partial charge in [0.15, 0.2) is 0 Å². The molecule has 5 nitrogen and oxygen atoms in total. The topological polar surface area (TPSA) is 78.5 Å². The number of unbranched alkanes of at least 4 members (excludes halogenated alkanes) is 1. The summed E-state index contributed by atoms with van der Waals surface area (Å²) in [5, 5.41) is 1.96. The average molecular weight is 551 g/mol. The molecule has 0 aliphatic heterocycles. The molecule has 2 unspecified atom stereocenters. The third kappa shape index (κ3) is 6.53. The van der Waals surface area contributed by atoms with E-state index in [9.17, 15) is 39.9 Å². The minimum atomic E-state index is -5.79. The van der Waals surface area contributed by atoms with Crippen LogP contribution in [0.2, 0.25) is 0 Å². The summed E-state index contributed by atoms with van der Waals surface area (Å²) in [6, 6.07) is 9.56. The Morgan fingerprint density at radius 2 is 1.59 bits per heavy atom. The Hall–Kier alpha value is -2.44. The molecule has 1 saturated carbocycles. The Bertz CT molecular complexity index is 1070. The molecule has 0 bridgehead atoms. The van der Waals surface area contributed by atoms with Gasteiger partial charge in [-0.25, -0.2) is 0 Å². The lowest BCUT2D eigenvalue weighted by Gasteiger charge is -2.37. The van der Waals surface area contributed by atoms with E-state index in [1.807, 2.05) is 0 Å². The van der Waals surface area contributed by atoms with Gasteiger partial charge in [-0.3, -0.25) is 9.00 Å². The molecule has 1 aliphatic rings. The Morgan fingerprint density at radius 3 is 2.05 bits per heavy atom. The SMILES string of the molecule is CCCCOC(c1ccc(C(=O)NCc2ccc(C(C3CC3)S(=O)[O-])cc2)cc1)(C(F)(F)F)C(F)(F)F. The highest BCUT2D eigenvalue weighted by atomic mass is 32.2. The predicted octanol–water partition coefficient (Wildman–Crippen LogP) is 6.08. The number of carbonyl (C=O) groups is 1. The molecular weight excluding hydrogens is 524 g/mol. The molecule has 1 N–H and O–H groups in total. The van der Waals surface area contributed by atoms with E-state index in [2.05, 4.69) is 10.1 Å². The number of hydrogen-bond acceptors (Lipinski definition) is 4. The molecule has 2 aromatic rings. The summed E-state index contributed by atoms with van der Waals surface area (Å²) in [5.41, 5.74) is -4.55. The first-order valence-electron chi connectivity index (χ1n) is 11.6. The molecule has 204 valence electrons. The van der Waals surface area contributed by atoms with Gasteiger partial charge >= 0.3 is 12.4 Å². The normalized spacial score (nSPS) is 16.3. The Morgan fingerprint density at radius 1 is 1.03 bits per heavy atom. The van der Waals surface area contributed by atoms with Gasteiger partial charge in [0, 0.05) is 29.5 Å². The third-order valence-corrected chi connectivity index (χ3v) is 7.26. The second-order valence-electron chi connectivity index (χ2n) is 8.90. The van der Waals surface area contributed by atoms with Crippen LogP contribution in [0.5, 0.6) is 0 Å². The maximum Gasteiger partial charge on any atom is 0.430 e. The zero-order valence-corrected chi connectivity index (χ0v) is 20.6. The van der Waals surface area contributed by atoms with Crippen LogP contribution < -0.4 is 5.32 Å². The van der Waals surface area contributed by atoms with Crippen LogP contribution in [0.4, 0.5) is 26.3 Å². The fraction of sp³-hybridized carbons (Fsp3) is 0.480. The molecule has 0 radical (unpaired) electrons. The highest BCUT2D eigenvalue weighted by Crippen LogP contribution is 2.53. The molecule has 3 rings (SSSR count). The molecule has 0 heterocycles. The van der Waals surface area contributed by atoms with Crippen LogP contribution in [-0.4, -0.2) is 33.6 Å². The Balaban J connectivity index is 1.72. The molecule has 2 aromatic carbocycles. The van der Waals surface area contributed by atoms with E-state index in [-0.39, 0.29) is 24.4 Å². The zero-order valence-electron chi connectivity index (χ0n) is 19.8. The lowest BCUT2D eigenvalue weighted by molar-refractivity contribution is -0.389. The maximum atomic E-state index is 13.8. The molecule has 0 aromatic heterocycles. The second kappa shape index (κ2) is 11.5. The zero-order chi connectivity index (χ0) is 27.4. The summed E-state index contributed by atoms with van der Waals surface area (Å²) in [7, 11) is 0. The van der Waals surface area contributed by atoms with E-state index in [1.165, 1.54) is 0 Å². The van der Waals surface area contributed by atoms with Crippen molar-refractivity contribution in [2.75, 3.05) is 6.61 Å². The van der Waals surface area contributed by atoms with Gasteiger partial charge in [0.05, 0.1) is 0 Å². The number of hydrogen-bond donors (Lipinski definition) is 1. The van der Waals surface area contributed by atoms with E-state index in [0.717, 1.165) is 25.0 Å². The van der Waals surface area contributed by atoms with Gasteiger partial charge in [0.2, 0.25) is 0 Å². The number of rotatable bonds is 11.